The highest BCUT2D eigenvalue weighted by Gasteiger charge is 2.46. The molecule has 0 radical (unpaired) electrons. The lowest BCUT2D eigenvalue weighted by atomic mass is 9.33. The molecule has 0 N–H and O–H groups in total. The highest BCUT2D eigenvalue weighted by atomic mass is 15.2. The van der Waals surface area contributed by atoms with Crippen LogP contribution in [0.15, 0.2) is 279 Å². The average molecular weight is 1240 g/mol. The van der Waals surface area contributed by atoms with Crippen molar-refractivity contribution in [2.24, 2.45) is 0 Å². The Morgan fingerprint density at radius 2 is 0.646 bits per heavy atom. The van der Waals surface area contributed by atoms with Crippen LogP contribution in [0.25, 0.3) is 99.5 Å². The smallest absolute Gasteiger partial charge is 0.252 e. The van der Waals surface area contributed by atoms with E-state index in [9.17, 15) is 0 Å². The van der Waals surface area contributed by atoms with Crippen molar-refractivity contribution in [3.63, 3.8) is 0 Å². The monoisotopic (exact) mass is 1240 g/mol. The molecule has 96 heavy (non-hydrogen) atoms. The first-order chi connectivity index (χ1) is 46.6. The molecule has 13 aromatic carbocycles. The summed E-state index contributed by atoms with van der Waals surface area (Å²) >= 11 is 0. The van der Waals surface area contributed by atoms with E-state index >= 15 is 0 Å². The van der Waals surface area contributed by atoms with Crippen molar-refractivity contribution in [3.05, 3.63) is 307 Å². The van der Waals surface area contributed by atoms with Gasteiger partial charge in [-0.25, -0.2) is 0 Å². The van der Waals surface area contributed by atoms with Gasteiger partial charge in [0, 0.05) is 77.9 Å². The molecule has 0 unspecified atom stereocenters. The minimum absolute atomic E-state index is 0.146. The molecule has 2 aliphatic rings. The molecule has 0 saturated heterocycles. The first-order valence-electron chi connectivity index (χ1n) is 34.2. The van der Waals surface area contributed by atoms with Crippen LogP contribution in [0.5, 0.6) is 0 Å². The van der Waals surface area contributed by atoms with Crippen molar-refractivity contribution in [1.29, 1.82) is 0 Å². The Labute approximate surface area is 565 Å². The summed E-state index contributed by atoms with van der Waals surface area (Å²) in [5, 5.41) is 4.99. The van der Waals surface area contributed by atoms with Gasteiger partial charge in [0.15, 0.2) is 0 Å². The second-order valence-electron chi connectivity index (χ2n) is 29.3. The molecule has 17 rings (SSSR count). The van der Waals surface area contributed by atoms with Crippen molar-refractivity contribution in [3.8, 4) is 55.9 Å². The minimum Gasteiger partial charge on any atom is -0.310 e. The minimum atomic E-state index is -0.207. The van der Waals surface area contributed by atoms with Crippen LogP contribution in [0.1, 0.15) is 89.1 Å². The van der Waals surface area contributed by atoms with Crippen molar-refractivity contribution in [2.75, 3.05) is 9.80 Å². The Balaban J connectivity index is 1.07. The predicted molar refractivity (Wildman–Crippen MR) is 412 cm³/mol. The van der Waals surface area contributed by atoms with E-state index in [-0.39, 0.29) is 23.5 Å². The number of anilines is 6. The van der Waals surface area contributed by atoms with Crippen LogP contribution >= 0.6 is 0 Å². The van der Waals surface area contributed by atoms with Crippen molar-refractivity contribution < 1.29 is 0 Å². The maximum absolute atomic E-state index is 2.73. The van der Waals surface area contributed by atoms with Gasteiger partial charge in [0.25, 0.3) is 6.71 Å². The largest absolute Gasteiger partial charge is 0.310 e. The molecule has 0 fully saturated rings. The van der Waals surface area contributed by atoms with E-state index in [0.29, 0.717) is 0 Å². The third kappa shape index (κ3) is 9.48. The van der Waals surface area contributed by atoms with E-state index in [1.807, 2.05) is 0 Å². The number of hydrogen-bond donors (Lipinski definition) is 0. The summed E-state index contributed by atoms with van der Waals surface area (Å²) in [6.45, 7) is 23.1. The van der Waals surface area contributed by atoms with Crippen molar-refractivity contribution in [1.82, 2.24) is 9.13 Å². The quantitative estimate of drug-likeness (QED) is 0.134. The Bertz CT molecular complexity index is 5370. The van der Waals surface area contributed by atoms with Crippen LogP contribution in [0.3, 0.4) is 0 Å². The number of rotatable bonds is 9. The molecule has 0 amide bonds. The number of para-hydroxylation sites is 2. The first kappa shape index (κ1) is 58.9. The Hall–Kier alpha value is -10.9. The molecule has 0 atom stereocenters. The molecule has 0 spiro atoms. The molecular formula is C91H77BN4. The van der Waals surface area contributed by atoms with Crippen LogP contribution in [-0.2, 0) is 10.8 Å². The van der Waals surface area contributed by atoms with Gasteiger partial charge in [0.2, 0.25) is 0 Å². The van der Waals surface area contributed by atoms with Gasteiger partial charge in [-0.05, 0) is 183 Å². The Kier molecular flexibility index (Phi) is 13.7. The topological polar surface area (TPSA) is 16.3 Å². The fraction of sp³-hybridized carbons (Fsp3) is 0.143. The Morgan fingerprint density at radius 1 is 0.312 bits per heavy atom. The van der Waals surface area contributed by atoms with Gasteiger partial charge in [-0.15, -0.1) is 0 Å². The van der Waals surface area contributed by atoms with Crippen LogP contribution in [0.2, 0.25) is 0 Å². The van der Waals surface area contributed by atoms with Crippen molar-refractivity contribution in [2.45, 2.75) is 86.0 Å². The predicted octanol–water partition coefficient (Wildman–Crippen LogP) is 23.0. The van der Waals surface area contributed by atoms with E-state index in [2.05, 4.69) is 367 Å². The van der Waals surface area contributed by atoms with Gasteiger partial charge >= 0.3 is 0 Å². The molecule has 2 aromatic heterocycles. The lowest BCUT2D eigenvalue weighted by Crippen LogP contribution is -2.61. The van der Waals surface area contributed by atoms with E-state index in [1.54, 1.807) is 0 Å². The van der Waals surface area contributed by atoms with Gasteiger partial charge in [0.05, 0.1) is 33.4 Å². The number of fused-ring (bicyclic) bond motifs is 10. The van der Waals surface area contributed by atoms with Crippen LogP contribution in [0.4, 0.5) is 34.1 Å². The molecule has 5 heteroatoms. The van der Waals surface area contributed by atoms with Crippen LogP contribution in [-0.4, -0.2) is 15.8 Å². The second-order valence-corrected chi connectivity index (χ2v) is 29.3. The zero-order valence-electron chi connectivity index (χ0n) is 56.5. The highest BCUT2D eigenvalue weighted by molar-refractivity contribution is 7.00. The first-order valence-corrected chi connectivity index (χ1v) is 34.2. The third-order valence-electron chi connectivity index (χ3n) is 20.6. The molecule has 4 nitrogen and oxygen atoms in total. The zero-order chi connectivity index (χ0) is 65.5. The molecule has 4 heterocycles. The number of aromatic nitrogens is 2. The SMILES string of the molecule is Cc1ccc2c(c1)c1cc(C)ccc1n2-c1ccc2c(c1)N(c1c(-c3ccccc3)cc(C(C)(C)C)cc1-c1ccccc1)c1cc(C(C)C)cc3c1B2c1ccc(-n2c4ccccc4c4ccccc42)cc1N3c1c(-c2ccccc2)cc(C(C)(C)C)cc1-c1ccccc1. The maximum atomic E-state index is 2.73. The van der Waals surface area contributed by atoms with E-state index < -0.39 is 0 Å². The molecule has 0 aliphatic carbocycles. The van der Waals surface area contributed by atoms with Gasteiger partial charge in [0.1, 0.15) is 0 Å². The summed E-state index contributed by atoms with van der Waals surface area (Å²) in [5.74, 6) is 0.146. The number of nitrogens with zero attached hydrogens (tertiary/aromatic N) is 4. The summed E-state index contributed by atoms with van der Waals surface area (Å²) in [5.41, 5.74) is 33.0. The number of benzene rings is 13. The molecule has 2 aliphatic heterocycles. The summed E-state index contributed by atoms with van der Waals surface area (Å²) in [7, 11) is 0. The average Bonchev–Trinajstić information content (AvgIpc) is 0.867. The summed E-state index contributed by atoms with van der Waals surface area (Å²) in [6, 6.07) is 107. The lowest BCUT2D eigenvalue weighted by Gasteiger charge is -2.46. The molecule has 0 saturated carbocycles. The van der Waals surface area contributed by atoms with Crippen LogP contribution in [0, 0.1) is 13.8 Å². The number of hydrogen-bond acceptors (Lipinski definition) is 2. The molecule has 464 valence electrons. The maximum Gasteiger partial charge on any atom is 0.252 e. The van der Waals surface area contributed by atoms with Gasteiger partial charge in [-0.3, -0.25) is 0 Å². The van der Waals surface area contributed by atoms with Gasteiger partial charge in [-0.1, -0.05) is 249 Å². The normalized spacial score (nSPS) is 12.9. The molecule has 15 aromatic rings. The van der Waals surface area contributed by atoms with E-state index in [4.69, 9.17) is 0 Å². The highest BCUT2D eigenvalue weighted by Crippen LogP contribution is 2.55. The van der Waals surface area contributed by atoms with Crippen LogP contribution < -0.4 is 26.2 Å². The van der Waals surface area contributed by atoms with Gasteiger partial charge < -0.3 is 18.9 Å². The zero-order valence-corrected chi connectivity index (χ0v) is 56.5. The summed E-state index contributed by atoms with van der Waals surface area (Å²) < 4.78 is 5.03. The number of aryl methyl sites for hydroxylation is 2. The molecular weight excluding hydrogens is 1160 g/mol. The third-order valence-corrected chi connectivity index (χ3v) is 20.6. The lowest BCUT2D eigenvalue weighted by molar-refractivity contribution is 0.590. The fourth-order valence-corrected chi connectivity index (χ4v) is 15.8. The van der Waals surface area contributed by atoms with E-state index in [1.165, 1.54) is 144 Å². The van der Waals surface area contributed by atoms with E-state index in [0.717, 1.165) is 34.1 Å². The van der Waals surface area contributed by atoms with Crippen molar-refractivity contribution >= 4 is 101 Å². The summed E-state index contributed by atoms with van der Waals surface area (Å²) in [4.78, 5) is 5.46. The summed E-state index contributed by atoms with van der Waals surface area (Å²) in [6.07, 6.45) is 0. The standard InChI is InChI=1S/C91H77BN4/c1-57(2)64-49-85-87-86(50-64)96(89-73(62-31-19-13-20-32-62)53-66(91(8,9)10)54-74(89)63-33-21-14-22-34-63)84-56-68(94-81-45-39-58(3)47-75(81)76-48-59(4)40-46-82(76)94)42-44-78(84)92(87)77-43-41-67(93-79-37-25-23-35-69(79)70-36-24-26-38-80(70)93)55-83(77)95(85)88-71(60-27-15-11-16-28-60)51-65(90(5,6)7)52-72(88)61-29-17-12-18-30-61/h11-57H,1-10H3. The molecule has 0 bridgehead atoms. The van der Waals surface area contributed by atoms with Gasteiger partial charge in [-0.2, -0.15) is 0 Å². The fourth-order valence-electron chi connectivity index (χ4n) is 15.8. The second kappa shape index (κ2) is 22.4. The Morgan fingerprint density at radius 3 is 0.990 bits per heavy atom.